The van der Waals surface area contributed by atoms with E-state index in [9.17, 15) is 14.0 Å². The van der Waals surface area contributed by atoms with Gasteiger partial charge in [0, 0.05) is 35.0 Å². The van der Waals surface area contributed by atoms with Crippen molar-refractivity contribution in [3.8, 4) is 11.5 Å². The molecule has 0 saturated heterocycles. The lowest BCUT2D eigenvalue weighted by Gasteiger charge is -2.14. The highest BCUT2D eigenvalue weighted by atomic mass is 32.1. The average molecular weight is 345 g/mol. The molecule has 0 bridgehead atoms. The molecule has 8 heteroatoms. The van der Waals surface area contributed by atoms with E-state index >= 15 is 0 Å². The Labute approximate surface area is 139 Å². The van der Waals surface area contributed by atoms with Crippen molar-refractivity contribution in [1.29, 1.82) is 0 Å². The normalized spacial score (nSPS) is 14.0. The van der Waals surface area contributed by atoms with Crippen LogP contribution in [0.15, 0.2) is 26.1 Å². The number of aromatic amines is 1. The van der Waals surface area contributed by atoms with Crippen LogP contribution in [0, 0.1) is 5.82 Å². The minimum absolute atomic E-state index is 0.00571. The third kappa shape index (κ3) is 2.58. The monoisotopic (exact) mass is 345 g/mol. The molecule has 0 aromatic carbocycles. The minimum Gasteiger partial charge on any atom is -0.334 e. The van der Waals surface area contributed by atoms with E-state index in [2.05, 4.69) is 15.1 Å². The zero-order valence-electron chi connectivity index (χ0n) is 12.5. The Hall–Kier alpha value is -2.61. The van der Waals surface area contributed by atoms with Crippen LogP contribution in [0.2, 0.25) is 0 Å². The zero-order valence-corrected chi connectivity index (χ0v) is 13.3. The van der Waals surface area contributed by atoms with Crippen LogP contribution in [-0.2, 0) is 12.8 Å². The van der Waals surface area contributed by atoms with Gasteiger partial charge in [-0.1, -0.05) is 5.16 Å². The molecule has 4 rings (SSSR count). The molecule has 1 aliphatic carbocycles. The summed E-state index contributed by atoms with van der Waals surface area (Å²) < 4.78 is 18.6. The van der Waals surface area contributed by atoms with Crippen molar-refractivity contribution in [3.63, 3.8) is 0 Å². The number of thiophene rings is 1. The van der Waals surface area contributed by atoms with Crippen molar-refractivity contribution in [2.45, 2.75) is 25.7 Å². The lowest BCUT2D eigenvalue weighted by molar-refractivity contribution is 0.0971. The van der Waals surface area contributed by atoms with Crippen molar-refractivity contribution >= 4 is 17.1 Å². The van der Waals surface area contributed by atoms with Crippen LogP contribution in [0.4, 0.5) is 4.39 Å². The molecular formula is C16H12FN3O3S. The van der Waals surface area contributed by atoms with Gasteiger partial charge in [-0.05, 0) is 24.3 Å². The van der Waals surface area contributed by atoms with Gasteiger partial charge in [0.2, 0.25) is 0 Å². The molecule has 0 fully saturated rings. The SMILES string of the molecule is O=C1CCCc2[nH]c(=O)c(-c3nc(Cc4cscc4F)no3)cc21. The van der Waals surface area contributed by atoms with Gasteiger partial charge in [0.25, 0.3) is 11.4 Å². The number of rotatable bonds is 3. The molecule has 0 spiro atoms. The van der Waals surface area contributed by atoms with Gasteiger partial charge >= 0.3 is 0 Å². The fourth-order valence-electron chi connectivity index (χ4n) is 2.77. The quantitative estimate of drug-likeness (QED) is 0.788. The van der Waals surface area contributed by atoms with Crippen LogP contribution in [-0.4, -0.2) is 20.9 Å². The van der Waals surface area contributed by atoms with Gasteiger partial charge in [-0.15, -0.1) is 11.3 Å². The predicted octanol–water partition coefficient (Wildman–Crippen LogP) is 2.74. The predicted molar refractivity (Wildman–Crippen MR) is 84.7 cm³/mol. The lowest BCUT2D eigenvalue weighted by atomic mass is 9.94. The molecule has 0 amide bonds. The molecule has 3 heterocycles. The number of hydrogen-bond donors (Lipinski definition) is 1. The van der Waals surface area contributed by atoms with E-state index in [0.29, 0.717) is 29.7 Å². The van der Waals surface area contributed by atoms with E-state index in [-0.39, 0.29) is 40.9 Å². The number of halogens is 1. The fourth-order valence-corrected chi connectivity index (χ4v) is 3.47. The van der Waals surface area contributed by atoms with E-state index in [0.717, 1.165) is 6.42 Å². The van der Waals surface area contributed by atoms with Gasteiger partial charge in [0.15, 0.2) is 11.6 Å². The molecule has 3 aromatic rings. The van der Waals surface area contributed by atoms with Crippen molar-refractivity contribution in [2.24, 2.45) is 0 Å². The Morgan fingerprint density at radius 3 is 2.92 bits per heavy atom. The number of ketones is 1. The van der Waals surface area contributed by atoms with Gasteiger partial charge in [0.05, 0.1) is 0 Å². The molecule has 0 radical (unpaired) electrons. The maximum atomic E-state index is 13.5. The van der Waals surface area contributed by atoms with Crippen molar-refractivity contribution < 1.29 is 13.7 Å². The summed E-state index contributed by atoms with van der Waals surface area (Å²) in [5, 5.41) is 6.87. The summed E-state index contributed by atoms with van der Waals surface area (Å²) in [5.41, 5.74) is 1.41. The summed E-state index contributed by atoms with van der Waals surface area (Å²) in [7, 11) is 0. The number of pyridine rings is 1. The Balaban J connectivity index is 1.70. The van der Waals surface area contributed by atoms with Crippen LogP contribution in [0.1, 0.15) is 40.3 Å². The first-order valence-electron chi connectivity index (χ1n) is 7.45. The van der Waals surface area contributed by atoms with E-state index in [1.54, 1.807) is 5.38 Å². The molecule has 122 valence electrons. The summed E-state index contributed by atoms with van der Waals surface area (Å²) in [6.07, 6.45) is 2.05. The highest BCUT2D eigenvalue weighted by molar-refractivity contribution is 7.08. The lowest BCUT2D eigenvalue weighted by Crippen LogP contribution is -2.20. The second-order valence-corrected chi connectivity index (χ2v) is 6.36. The number of fused-ring (bicyclic) bond motifs is 1. The van der Waals surface area contributed by atoms with Gasteiger partial charge in [-0.2, -0.15) is 4.98 Å². The third-order valence-electron chi connectivity index (χ3n) is 3.99. The van der Waals surface area contributed by atoms with Crippen molar-refractivity contribution in [2.75, 3.05) is 0 Å². The third-order valence-corrected chi connectivity index (χ3v) is 4.75. The number of aryl methyl sites for hydroxylation is 1. The molecule has 24 heavy (non-hydrogen) atoms. The standard InChI is InChI=1S/C16H12FN3O3S/c17-11-7-24-6-8(11)4-14-19-16(23-20-14)10-5-9-12(18-15(10)22)2-1-3-13(9)21/h5-7H,1-4H2,(H,18,22). The molecule has 0 saturated carbocycles. The van der Waals surface area contributed by atoms with E-state index in [4.69, 9.17) is 4.52 Å². The van der Waals surface area contributed by atoms with Gasteiger partial charge in [-0.25, -0.2) is 4.39 Å². The fraction of sp³-hybridized carbons (Fsp3) is 0.250. The maximum Gasteiger partial charge on any atom is 0.263 e. The van der Waals surface area contributed by atoms with Crippen LogP contribution < -0.4 is 5.56 Å². The number of Topliss-reactive ketones (excluding diaryl/α,β-unsaturated/α-hetero) is 1. The van der Waals surface area contributed by atoms with Gasteiger partial charge < -0.3 is 9.51 Å². The first-order valence-corrected chi connectivity index (χ1v) is 8.39. The van der Waals surface area contributed by atoms with Gasteiger partial charge in [0.1, 0.15) is 11.4 Å². The van der Waals surface area contributed by atoms with E-state index in [1.165, 1.54) is 22.8 Å². The summed E-state index contributed by atoms with van der Waals surface area (Å²) in [4.78, 5) is 31.1. The largest absolute Gasteiger partial charge is 0.334 e. The molecule has 1 N–H and O–H groups in total. The first kappa shape index (κ1) is 14.9. The van der Waals surface area contributed by atoms with Crippen molar-refractivity contribution in [1.82, 2.24) is 15.1 Å². The Morgan fingerprint density at radius 2 is 2.12 bits per heavy atom. The topological polar surface area (TPSA) is 88.9 Å². The molecule has 0 atom stereocenters. The molecule has 0 unspecified atom stereocenters. The van der Waals surface area contributed by atoms with E-state index < -0.39 is 0 Å². The Morgan fingerprint density at radius 1 is 1.25 bits per heavy atom. The summed E-state index contributed by atoms with van der Waals surface area (Å²) in [6.45, 7) is 0. The summed E-state index contributed by atoms with van der Waals surface area (Å²) in [6, 6.07) is 1.51. The number of hydrogen-bond acceptors (Lipinski definition) is 6. The van der Waals surface area contributed by atoms with E-state index in [1.807, 2.05) is 0 Å². The Bertz CT molecular complexity index is 989. The number of nitrogens with zero attached hydrogens (tertiary/aromatic N) is 2. The number of H-pyrrole nitrogens is 1. The van der Waals surface area contributed by atoms with Crippen LogP contribution in [0.5, 0.6) is 0 Å². The number of aromatic nitrogens is 3. The minimum atomic E-state index is -0.375. The van der Waals surface area contributed by atoms with Gasteiger partial charge in [-0.3, -0.25) is 9.59 Å². The molecular weight excluding hydrogens is 333 g/mol. The van der Waals surface area contributed by atoms with Crippen LogP contribution >= 0.6 is 11.3 Å². The Kier molecular flexibility index (Phi) is 3.61. The highest BCUT2D eigenvalue weighted by Crippen LogP contribution is 2.23. The molecule has 3 aromatic heterocycles. The highest BCUT2D eigenvalue weighted by Gasteiger charge is 2.22. The smallest absolute Gasteiger partial charge is 0.263 e. The summed E-state index contributed by atoms with van der Waals surface area (Å²) in [5.74, 6) is -0.00813. The second kappa shape index (κ2) is 5.79. The average Bonchev–Trinajstić information content (AvgIpc) is 3.17. The van der Waals surface area contributed by atoms with Crippen molar-refractivity contribution in [3.05, 3.63) is 55.6 Å². The number of carbonyl (C=O) groups is 1. The number of carbonyl (C=O) groups excluding carboxylic acids is 1. The molecule has 0 aliphatic heterocycles. The van der Waals surface area contributed by atoms with Crippen LogP contribution in [0.25, 0.3) is 11.5 Å². The molecule has 6 nitrogen and oxygen atoms in total. The summed E-state index contributed by atoms with van der Waals surface area (Å²) >= 11 is 1.25. The first-order chi connectivity index (χ1) is 11.6. The number of nitrogens with one attached hydrogen (secondary N) is 1. The zero-order chi connectivity index (χ0) is 16.7. The van der Waals surface area contributed by atoms with Crippen LogP contribution in [0.3, 0.4) is 0 Å². The molecule has 1 aliphatic rings. The maximum absolute atomic E-state index is 13.5. The second-order valence-electron chi connectivity index (χ2n) is 5.62.